The van der Waals surface area contributed by atoms with Gasteiger partial charge in [0.1, 0.15) is 0 Å². The number of ketones is 1. The Morgan fingerprint density at radius 1 is 1.40 bits per heavy atom. The van der Waals surface area contributed by atoms with Crippen molar-refractivity contribution in [3.05, 3.63) is 39.9 Å². The van der Waals surface area contributed by atoms with E-state index in [1.54, 1.807) is 12.1 Å². The highest BCUT2D eigenvalue weighted by atomic mass is 16.1. The Balaban J connectivity index is 2.85. The second-order valence-electron chi connectivity index (χ2n) is 3.49. The van der Waals surface area contributed by atoms with Gasteiger partial charge in [-0.2, -0.15) is 0 Å². The maximum Gasteiger partial charge on any atom is 0.259 e. The van der Waals surface area contributed by atoms with Crippen LogP contribution in [-0.2, 0) is 0 Å². The number of nitrogens with one attached hydrogen (secondary N) is 1. The van der Waals surface area contributed by atoms with E-state index in [9.17, 15) is 9.59 Å². The molecule has 0 spiro atoms. The second kappa shape index (κ2) is 3.31. The van der Waals surface area contributed by atoms with E-state index in [2.05, 4.69) is 9.97 Å². The lowest BCUT2D eigenvalue weighted by Gasteiger charge is -2.00. The van der Waals surface area contributed by atoms with Crippen molar-refractivity contribution in [1.82, 2.24) is 9.97 Å². The summed E-state index contributed by atoms with van der Waals surface area (Å²) in [4.78, 5) is 29.2. The van der Waals surface area contributed by atoms with Crippen molar-refractivity contribution in [2.75, 3.05) is 0 Å². The van der Waals surface area contributed by atoms with E-state index in [-0.39, 0.29) is 17.2 Å². The molecule has 2 aromatic rings. The maximum atomic E-state index is 11.6. The fraction of sp³-hybridized carbons (Fsp3) is 0.182. The first-order valence-corrected chi connectivity index (χ1v) is 4.59. The molecular weight excluding hydrogens is 192 g/mol. The molecule has 0 aliphatic rings. The predicted octanol–water partition coefficient (Wildman–Crippen LogP) is 1.43. The van der Waals surface area contributed by atoms with E-state index < -0.39 is 0 Å². The monoisotopic (exact) mass is 202 g/mol. The number of carbonyl (C=O) groups excluding carboxylic acids is 1. The van der Waals surface area contributed by atoms with E-state index in [1.165, 1.54) is 6.92 Å². The third-order valence-corrected chi connectivity index (χ3v) is 2.20. The highest BCUT2D eigenvalue weighted by Gasteiger charge is 2.06. The minimum Gasteiger partial charge on any atom is -0.303 e. The molecule has 0 atom stereocenters. The zero-order valence-electron chi connectivity index (χ0n) is 8.50. The van der Waals surface area contributed by atoms with Gasteiger partial charge in [-0.1, -0.05) is 6.07 Å². The van der Waals surface area contributed by atoms with Crippen molar-refractivity contribution in [2.24, 2.45) is 0 Å². The summed E-state index contributed by atoms with van der Waals surface area (Å²) in [7, 11) is 0. The number of carbonyl (C=O) groups is 1. The van der Waals surface area contributed by atoms with Gasteiger partial charge in [0.05, 0.1) is 10.9 Å². The van der Waals surface area contributed by atoms with Crippen LogP contribution in [0, 0.1) is 6.92 Å². The highest BCUT2D eigenvalue weighted by Crippen LogP contribution is 2.09. The summed E-state index contributed by atoms with van der Waals surface area (Å²) >= 11 is 0. The zero-order valence-corrected chi connectivity index (χ0v) is 8.50. The normalized spacial score (nSPS) is 10.5. The Hall–Kier alpha value is -1.97. The van der Waals surface area contributed by atoms with Crippen LogP contribution in [0.3, 0.4) is 0 Å². The molecule has 4 nitrogen and oxygen atoms in total. The average molecular weight is 202 g/mol. The van der Waals surface area contributed by atoms with Gasteiger partial charge in [0.2, 0.25) is 0 Å². The van der Waals surface area contributed by atoms with Gasteiger partial charge in [-0.05, 0) is 24.6 Å². The number of rotatable bonds is 1. The summed E-state index contributed by atoms with van der Waals surface area (Å²) in [5.74, 6) is -0.131. The van der Waals surface area contributed by atoms with Gasteiger partial charge in [-0.25, -0.2) is 4.98 Å². The molecule has 4 heteroatoms. The van der Waals surface area contributed by atoms with Crippen LogP contribution >= 0.6 is 0 Å². The molecule has 15 heavy (non-hydrogen) atoms. The van der Waals surface area contributed by atoms with Crippen molar-refractivity contribution in [3.63, 3.8) is 0 Å². The third-order valence-electron chi connectivity index (χ3n) is 2.20. The quantitative estimate of drug-likeness (QED) is 0.711. The van der Waals surface area contributed by atoms with E-state index in [1.807, 2.05) is 13.0 Å². The molecule has 0 amide bonds. The summed E-state index contributed by atoms with van der Waals surface area (Å²) < 4.78 is 0. The van der Waals surface area contributed by atoms with Gasteiger partial charge in [-0.3, -0.25) is 9.59 Å². The Kier molecular flexibility index (Phi) is 2.11. The highest BCUT2D eigenvalue weighted by molar-refractivity contribution is 5.92. The van der Waals surface area contributed by atoms with Crippen molar-refractivity contribution in [3.8, 4) is 0 Å². The second-order valence-corrected chi connectivity index (χ2v) is 3.49. The Morgan fingerprint density at radius 2 is 2.13 bits per heavy atom. The molecule has 0 saturated carbocycles. The molecule has 0 saturated heterocycles. The molecule has 0 radical (unpaired) electrons. The lowest BCUT2D eigenvalue weighted by molar-refractivity contribution is 0.100. The average Bonchev–Trinajstić information content (AvgIpc) is 2.16. The molecule has 0 aliphatic heterocycles. The van der Waals surface area contributed by atoms with Crippen LogP contribution in [0.5, 0.6) is 0 Å². The first kappa shape index (κ1) is 9.58. The summed E-state index contributed by atoms with van der Waals surface area (Å²) in [6, 6.07) is 5.34. The number of aromatic amines is 1. The van der Waals surface area contributed by atoms with Gasteiger partial charge in [0.15, 0.2) is 11.6 Å². The molecule has 2 rings (SSSR count). The molecule has 0 unspecified atom stereocenters. The van der Waals surface area contributed by atoms with E-state index in [0.717, 1.165) is 5.56 Å². The number of Topliss-reactive ketones (excluding diaryl/α,β-unsaturated/α-hetero) is 1. The fourth-order valence-electron chi connectivity index (χ4n) is 1.42. The van der Waals surface area contributed by atoms with Crippen molar-refractivity contribution >= 4 is 16.7 Å². The number of hydrogen-bond acceptors (Lipinski definition) is 3. The maximum absolute atomic E-state index is 11.6. The van der Waals surface area contributed by atoms with Crippen LogP contribution in [0.25, 0.3) is 10.9 Å². The molecule has 76 valence electrons. The van der Waals surface area contributed by atoms with E-state index in [0.29, 0.717) is 10.9 Å². The summed E-state index contributed by atoms with van der Waals surface area (Å²) in [5, 5.41) is 0.505. The molecule has 0 bridgehead atoms. The molecule has 1 aromatic carbocycles. The largest absolute Gasteiger partial charge is 0.303 e. The molecule has 1 N–H and O–H groups in total. The lowest BCUT2D eigenvalue weighted by atomic mass is 10.2. The van der Waals surface area contributed by atoms with Gasteiger partial charge in [0, 0.05) is 6.92 Å². The summed E-state index contributed by atoms with van der Waals surface area (Å²) in [5.41, 5.74) is 1.30. The number of hydrogen-bond donors (Lipinski definition) is 1. The first-order valence-electron chi connectivity index (χ1n) is 4.59. The molecule has 1 heterocycles. The number of aryl methyl sites for hydroxylation is 1. The van der Waals surface area contributed by atoms with Crippen LogP contribution in [0.2, 0.25) is 0 Å². The Labute approximate surface area is 86.0 Å². The van der Waals surface area contributed by atoms with Crippen molar-refractivity contribution < 1.29 is 4.79 Å². The van der Waals surface area contributed by atoms with Gasteiger partial charge in [-0.15, -0.1) is 0 Å². The molecular formula is C11H10N2O2. The van der Waals surface area contributed by atoms with Gasteiger partial charge < -0.3 is 4.98 Å². The zero-order chi connectivity index (χ0) is 11.0. The lowest BCUT2D eigenvalue weighted by Crippen LogP contribution is -2.14. The van der Waals surface area contributed by atoms with Gasteiger partial charge >= 0.3 is 0 Å². The van der Waals surface area contributed by atoms with Crippen LogP contribution in [-0.4, -0.2) is 15.8 Å². The Bertz CT molecular complexity index is 599. The molecule has 0 fully saturated rings. The minimum absolute atomic E-state index is 0.109. The van der Waals surface area contributed by atoms with Crippen LogP contribution in [0.15, 0.2) is 23.0 Å². The number of H-pyrrole nitrogens is 1. The molecule has 1 aromatic heterocycles. The van der Waals surface area contributed by atoms with Gasteiger partial charge in [0.25, 0.3) is 5.56 Å². The van der Waals surface area contributed by atoms with E-state index >= 15 is 0 Å². The summed E-state index contributed by atoms with van der Waals surface area (Å²) in [6.07, 6.45) is 0. The predicted molar refractivity (Wildman–Crippen MR) is 57.1 cm³/mol. The molecule has 0 aliphatic carbocycles. The third kappa shape index (κ3) is 1.66. The standard InChI is InChI=1S/C11H10N2O2/c1-6-3-4-8-9(5-6)12-10(7(2)14)13-11(8)15/h3-5H,1-2H3,(H,12,13,15). The number of benzene rings is 1. The summed E-state index contributed by atoms with van der Waals surface area (Å²) in [6.45, 7) is 3.29. The SMILES string of the molecule is CC(=O)c1nc2cc(C)ccc2c(=O)[nH]1. The Morgan fingerprint density at radius 3 is 2.80 bits per heavy atom. The fourth-order valence-corrected chi connectivity index (χ4v) is 1.42. The topological polar surface area (TPSA) is 62.8 Å². The minimum atomic E-state index is -0.273. The van der Waals surface area contributed by atoms with Crippen LogP contribution < -0.4 is 5.56 Å². The van der Waals surface area contributed by atoms with Crippen molar-refractivity contribution in [1.29, 1.82) is 0 Å². The number of nitrogens with zero attached hydrogens (tertiary/aromatic N) is 1. The first-order chi connectivity index (χ1) is 7.08. The number of aromatic nitrogens is 2. The smallest absolute Gasteiger partial charge is 0.259 e. The van der Waals surface area contributed by atoms with Crippen LogP contribution in [0.1, 0.15) is 23.1 Å². The van der Waals surface area contributed by atoms with E-state index in [4.69, 9.17) is 0 Å². The van der Waals surface area contributed by atoms with Crippen LogP contribution in [0.4, 0.5) is 0 Å². The van der Waals surface area contributed by atoms with Crippen molar-refractivity contribution in [2.45, 2.75) is 13.8 Å². The number of fused-ring (bicyclic) bond motifs is 1.